The Hall–Kier alpha value is -5.48. The highest BCUT2D eigenvalue weighted by molar-refractivity contribution is 6.23. The molecule has 0 fully saturated rings. The van der Waals surface area contributed by atoms with Crippen molar-refractivity contribution in [3.05, 3.63) is 127 Å². The van der Waals surface area contributed by atoms with Crippen LogP contribution in [0.5, 0.6) is 11.5 Å². The Labute approximate surface area is 242 Å². The van der Waals surface area contributed by atoms with E-state index in [1.165, 1.54) is 32.7 Å². The number of aryl methyl sites for hydroxylation is 1. The second-order valence-corrected chi connectivity index (χ2v) is 10.8. The van der Waals surface area contributed by atoms with Crippen LogP contribution < -0.4 is 4.74 Å². The van der Waals surface area contributed by atoms with Crippen molar-refractivity contribution < 1.29 is 4.74 Å². The highest BCUT2D eigenvalue weighted by Crippen LogP contribution is 2.47. The van der Waals surface area contributed by atoms with Crippen LogP contribution in [0.2, 0.25) is 0 Å². The van der Waals surface area contributed by atoms with Crippen LogP contribution >= 0.6 is 0 Å². The summed E-state index contributed by atoms with van der Waals surface area (Å²) in [4.78, 5) is 9.78. The molecule has 6 aromatic carbocycles. The van der Waals surface area contributed by atoms with Gasteiger partial charge in [0.15, 0.2) is 11.5 Å². The number of benzene rings is 6. The predicted octanol–water partition coefficient (Wildman–Crippen LogP) is 9.88. The van der Waals surface area contributed by atoms with Crippen LogP contribution in [0.1, 0.15) is 12.7 Å². The molecule has 0 spiro atoms. The first-order valence-corrected chi connectivity index (χ1v) is 14.4. The summed E-state index contributed by atoms with van der Waals surface area (Å²) in [5.74, 6) is 2.73. The lowest BCUT2D eigenvalue weighted by molar-refractivity contribution is 0.474. The van der Waals surface area contributed by atoms with E-state index in [4.69, 9.17) is 14.7 Å². The molecule has 0 atom stereocenters. The molecule has 3 heterocycles. The zero-order valence-electron chi connectivity index (χ0n) is 23.0. The van der Waals surface area contributed by atoms with Gasteiger partial charge in [0.2, 0.25) is 0 Å². The molecule has 0 aliphatic carbocycles. The van der Waals surface area contributed by atoms with Crippen LogP contribution in [0.15, 0.2) is 121 Å². The predicted molar refractivity (Wildman–Crippen MR) is 172 cm³/mol. The third kappa shape index (κ3) is 3.18. The van der Waals surface area contributed by atoms with Crippen molar-refractivity contribution in [2.24, 2.45) is 0 Å². The number of ether oxygens (including phenoxy) is 1. The van der Waals surface area contributed by atoms with Crippen LogP contribution in [0.25, 0.3) is 71.4 Å². The van der Waals surface area contributed by atoms with Crippen LogP contribution in [-0.4, -0.2) is 14.5 Å². The number of imidazole rings is 1. The van der Waals surface area contributed by atoms with Crippen molar-refractivity contribution in [2.45, 2.75) is 13.3 Å². The average molecular weight is 540 g/mol. The molecule has 8 aromatic rings. The van der Waals surface area contributed by atoms with Gasteiger partial charge in [0, 0.05) is 23.6 Å². The van der Waals surface area contributed by atoms with Gasteiger partial charge in [-0.15, -0.1) is 0 Å². The quantitative estimate of drug-likeness (QED) is 0.210. The van der Waals surface area contributed by atoms with Gasteiger partial charge in [-0.25, -0.2) is 4.98 Å². The highest BCUT2D eigenvalue weighted by atomic mass is 16.5. The summed E-state index contributed by atoms with van der Waals surface area (Å²) in [6.45, 7) is 2.16. The van der Waals surface area contributed by atoms with Gasteiger partial charge in [0.25, 0.3) is 0 Å². The van der Waals surface area contributed by atoms with Gasteiger partial charge in [-0.1, -0.05) is 91.9 Å². The van der Waals surface area contributed by atoms with Crippen molar-refractivity contribution in [1.82, 2.24) is 14.5 Å². The van der Waals surface area contributed by atoms with Crippen molar-refractivity contribution in [1.29, 1.82) is 0 Å². The molecule has 9 rings (SSSR count). The normalized spacial score (nSPS) is 12.2. The van der Waals surface area contributed by atoms with Crippen LogP contribution in [0.4, 0.5) is 0 Å². The van der Waals surface area contributed by atoms with Gasteiger partial charge in [-0.2, -0.15) is 0 Å². The molecule has 0 saturated heterocycles. The summed E-state index contributed by atoms with van der Waals surface area (Å²) >= 11 is 0. The van der Waals surface area contributed by atoms with Gasteiger partial charge < -0.3 is 4.74 Å². The Balaban J connectivity index is 1.37. The standard InChI is InChI=1S/C38H25N3O/c1-2-34-40-30-17-8-18-33-38(30)41(34)31-22-24(19-20-32(31)42-33)35-25-12-3-5-14-27(25)36(28-15-6-4-13-26(28)35)29-16-7-10-23-11-9-21-39-37(23)29/h3-22H,2H2,1H3. The van der Waals surface area contributed by atoms with Crippen molar-refractivity contribution >= 4 is 43.5 Å². The fourth-order valence-corrected chi connectivity index (χ4v) is 6.81. The smallest absolute Gasteiger partial charge is 0.153 e. The third-order valence-corrected chi connectivity index (χ3v) is 8.57. The van der Waals surface area contributed by atoms with Gasteiger partial charge in [-0.05, 0) is 68.6 Å². The minimum Gasteiger partial charge on any atom is -0.453 e. The molecule has 198 valence electrons. The van der Waals surface area contributed by atoms with E-state index >= 15 is 0 Å². The van der Waals surface area contributed by atoms with Crippen molar-refractivity contribution in [3.63, 3.8) is 0 Å². The number of nitrogens with zero attached hydrogens (tertiary/aromatic N) is 3. The molecule has 0 unspecified atom stereocenters. The number of fused-ring (bicyclic) bond motifs is 5. The molecule has 0 radical (unpaired) electrons. The molecule has 42 heavy (non-hydrogen) atoms. The van der Waals surface area contributed by atoms with E-state index in [1.54, 1.807) is 0 Å². The Bertz CT molecular complexity index is 2320. The second-order valence-electron chi connectivity index (χ2n) is 10.8. The maximum absolute atomic E-state index is 6.42. The number of rotatable bonds is 3. The minimum absolute atomic E-state index is 0.831. The Morgan fingerprint density at radius 3 is 2.14 bits per heavy atom. The van der Waals surface area contributed by atoms with E-state index in [0.717, 1.165) is 62.5 Å². The third-order valence-electron chi connectivity index (χ3n) is 8.57. The van der Waals surface area contributed by atoms with E-state index in [9.17, 15) is 0 Å². The number of pyridine rings is 1. The maximum atomic E-state index is 6.42. The second kappa shape index (κ2) is 8.76. The van der Waals surface area contributed by atoms with Gasteiger partial charge in [0.05, 0.1) is 16.7 Å². The van der Waals surface area contributed by atoms with E-state index in [2.05, 4.69) is 109 Å². The number of aromatic nitrogens is 3. The molecular weight excluding hydrogens is 514 g/mol. The molecule has 2 aromatic heterocycles. The molecular formula is C38H25N3O. The number of hydrogen-bond donors (Lipinski definition) is 0. The maximum Gasteiger partial charge on any atom is 0.153 e. The zero-order chi connectivity index (χ0) is 27.8. The van der Waals surface area contributed by atoms with E-state index in [0.29, 0.717) is 0 Å². The Morgan fingerprint density at radius 2 is 1.38 bits per heavy atom. The molecule has 4 nitrogen and oxygen atoms in total. The van der Waals surface area contributed by atoms with Gasteiger partial charge in [0.1, 0.15) is 11.3 Å². The van der Waals surface area contributed by atoms with E-state index < -0.39 is 0 Å². The fourth-order valence-electron chi connectivity index (χ4n) is 6.81. The Morgan fingerprint density at radius 1 is 0.667 bits per heavy atom. The van der Waals surface area contributed by atoms with Crippen LogP contribution in [-0.2, 0) is 6.42 Å². The van der Waals surface area contributed by atoms with Crippen molar-refractivity contribution in [2.75, 3.05) is 0 Å². The molecule has 0 amide bonds. The summed E-state index contributed by atoms with van der Waals surface area (Å²) in [6.07, 6.45) is 2.72. The lowest BCUT2D eigenvalue weighted by Crippen LogP contribution is -2.07. The summed E-state index contributed by atoms with van der Waals surface area (Å²) in [6, 6.07) is 40.8. The molecule has 1 aliphatic rings. The molecule has 0 bridgehead atoms. The first kappa shape index (κ1) is 23.2. The fraction of sp³-hybridized carbons (Fsp3) is 0.0526. The molecule has 0 N–H and O–H groups in total. The molecule has 1 aliphatic heterocycles. The molecule has 0 saturated carbocycles. The van der Waals surface area contributed by atoms with Crippen LogP contribution in [0.3, 0.4) is 0 Å². The molecule has 4 heteroatoms. The minimum atomic E-state index is 0.831. The van der Waals surface area contributed by atoms with Crippen LogP contribution in [0, 0.1) is 0 Å². The SMILES string of the molecule is CCc1nc2cccc3c2n1-c1cc(-c2c4ccccc4c(-c4cccc5cccnc45)c4ccccc24)ccc1O3. The average Bonchev–Trinajstić information content (AvgIpc) is 3.44. The topological polar surface area (TPSA) is 39.9 Å². The largest absolute Gasteiger partial charge is 0.453 e. The highest BCUT2D eigenvalue weighted by Gasteiger charge is 2.25. The first-order chi connectivity index (χ1) is 20.8. The summed E-state index contributed by atoms with van der Waals surface area (Å²) in [5.41, 5.74) is 8.77. The van der Waals surface area contributed by atoms with Crippen molar-refractivity contribution in [3.8, 4) is 39.4 Å². The van der Waals surface area contributed by atoms with Gasteiger partial charge >= 0.3 is 0 Å². The summed E-state index contributed by atoms with van der Waals surface area (Å²) in [5, 5.41) is 5.98. The monoisotopic (exact) mass is 539 g/mol. The Kier molecular flexibility index (Phi) is 4.85. The van der Waals surface area contributed by atoms with E-state index in [1.807, 2.05) is 24.4 Å². The summed E-state index contributed by atoms with van der Waals surface area (Å²) < 4.78 is 8.71. The lowest BCUT2D eigenvalue weighted by Gasteiger charge is -2.23. The van der Waals surface area contributed by atoms with E-state index in [-0.39, 0.29) is 0 Å². The van der Waals surface area contributed by atoms with Gasteiger partial charge in [-0.3, -0.25) is 9.55 Å². The zero-order valence-corrected chi connectivity index (χ0v) is 23.0. The lowest BCUT2D eigenvalue weighted by atomic mass is 9.85. The number of hydrogen-bond acceptors (Lipinski definition) is 3. The first-order valence-electron chi connectivity index (χ1n) is 14.4. The summed E-state index contributed by atoms with van der Waals surface area (Å²) in [7, 11) is 0. The number of para-hydroxylation sites is 2.